The summed E-state index contributed by atoms with van der Waals surface area (Å²) in [5.74, 6) is 0.411. The van der Waals surface area contributed by atoms with Gasteiger partial charge in [0.1, 0.15) is 0 Å². The Labute approximate surface area is 98.9 Å². The Balaban J connectivity index is 3.99. The molecule has 3 nitrogen and oxygen atoms in total. The maximum atomic E-state index is 11.6. The van der Waals surface area contributed by atoms with Gasteiger partial charge in [0.2, 0.25) is 5.91 Å². The number of nitrogens with one attached hydrogen (secondary N) is 1. The molecule has 0 radical (unpaired) electrons. The summed E-state index contributed by atoms with van der Waals surface area (Å²) in [6, 6.07) is 0. The smallest absolute Gasteiger partial charge is 0.246 e. The van der Waals surface area contributed by atoms with Crippen molar-refractivity contribution in [1.29, 1.82) is 0 Å². The molecule has 1 atom stereocenters. The minimum Gasteiger partial charge on any atom is -0.396 e. The zero-order chi connectivity index (χ0) is 12.4. The number of hydrogen-bond donors (Lipinski definition) is 2. The van der Waals surface area contributed by atoms with Gasteiger partial charge in [0, 0.05) is 18.7 Å². The molecule has 1 amide bonds. The summed E-state index contributed by atoms with van der Waals surface area (Å²) in [4.78, 5) is 11.6. The number of hydrogen-bond acceptors (Lipinski definition) is 2. The van der Waals surface area contributed by atoms with Crippen molar-refractivity contribution in [1.82, 2.24) is 5.32 Å². The molecule has 16 heavy (non-hydrogen) atoms. The van der Waals surface area contributed by atoms with E-state index in [2.05, 4.69) is 12.2 Å². The van der Waals surface area contributed by atoms with Crippen LogP contribution in [0.1, 0.15) is 46.5 Å². The zero-order valence-electron chi connectivity index (χ0n) is 10.8. The van der Waals surface area contributed by atoms with Gasteiger partial charge in [-0.15, -0.1) is 0 Å². The number of carbonyl (C=O) groups excluding carboxylic acids is 1. The maximum absolute atomic E-state index is 11.6. The topological polar surface area (TPSA) is 49.3 Å². The lowest BCUT2D eigenvalue weighted by Gasteiger charge is -2.15. The van der Waals surface area contributed by atoms with E-state index in [1.165, 1.54) is 0 Å². The van der Waals surface area contributed by atoms with Crippen LogP contribution >= 0.6 is 0 Å². The minimum atomic E-state index is 0.0147. The molecule has 94 valence electrons. The Morgan fingerprint density at radius 2 is 2.06 bits per heavy atom. The van der Waals surface area contributed by atoms with E-state index in [0.29, 0.717) is 12.5 Å². The summed E-state index contributed by atoms with van der Waals surface area (Å²) in [6.45, 7) is 6.84. The first-order chi connectivity index (χ1) is 7.65. The number of aliphatic hydroxyl groups excluding tert-OH is 1. The number of carbonyl (C=O) groups is 1. The zero-order valence-corrected chi connectivity index (χ0v) is 10.8. The van der Waals surface area contributed by atoms with Gasteiger partial charge in [0.15, 0.2) is 0 Å². The molecular formula is C13H25NO2. The van der Waals surface area contributed by atoms with Crippen molar-refractivity contribution >= 4 is 5.91 Å². The van der Waals surface area contributed by atoms with Crippen molar-refractivity contribution in [3.8, 4) is 0 Å². The van der Waals surface area contributed by atoms with Gasteiger partial charge in [-0.2, -0.15) is 0 Å². The summed E-state index contributed by atoms with van der Waals surface area (Å²) >= 11 is 0. The molecule has 0 aromatic carbocycles. The first-order valence-corrected chi connectivity index (χ1v) is 6.21. The van der Waals surface area contributed by atoms with E-state index in [-0.39, 0.29) is 12.5 Å². The van der Waals surface area contributed by atoms with Crippen molar-refractivity contribution < 1.29 is 9.90 Å². The van der Waals surface area contributed by atoms with Crippen LogP contribution < -0.4 is 5.32 Å². The largest absolute Gasteiger partial charge is 0.396 e. The molecule has 0 fully saturated rings. The second-order valence-corrected chi connectivity index (χ2v) is 4.17. The molecule has 0 aliphatic carbocycles. The van der Waals surface area contributed by atoms with Crippen LogP contribution in [0.3, 0.4) is 0 Å². The van der Waals surface area contributed by atoms with Gasteiger partial charge >= 0.3 is 0 Å². The summed E-state index contributed by atoms with van der Waals surface area (Å²) < 4.78 is 0. The molecule has 0 spiro atoms. The van der Waals surface area contributed by atoms with E-state index in [9.17, 15) is 4.79 Å². The van der Waals surface area contributed by atoms with Crippen molar-refractivity contribution in [2.24, 2.45) is 5.92 Å². The molecule has 0 saturated heterocycles. The van der Waals surface area contributed by atoms with E-state index < -0.39 is 0 Å². The number of rotatable bonds is 8. The fourth-order valence-electron chi connectivity index (χ4n) is 1.71. The van der Waals surface area contributed by atoms with Crippen molar-refractivity contribution in [2.75, 3.05) is 13.2 Å². The fraction of sp³-hybridized carbons (Fsp3) is 0.769. The molecule has 2 N–H and O–H groups in total. The molecule has 3 heteroatoms. The summed E-state index contributed by atoms with van der Waals surface area (Å²) in [7, 11) is 0. The fourth-order valence-corrected chi connectivity index (χ4v) is 1.71. The normalized spacial score (nSPS) is 13.6. The second kappa shape index (κ2) is 9.40. The highest BCUT2D eigenvalue weighted by Gasteiger charge is 2.09. The Kier molecular flexibility index (Phi) is 8.91. The molecule has 0 aliphatic heterocycles. The van der Waals surface area contributed by atoms with Crippen LogP contribution in [0, 0.1) is 5.92 Å². The second-order valence-electron chi connectivity index (χ2n) is 4.17. The third-order valence-electron chi connectivity index (χ3n) is 2.65. The van der Waals surface area contributed by atoms with Crippen LogP contribution in [-0.2, 0) is 4.79 Å². The van der Waals surface area contributed by atoms with Crippen LogP contribution in [-0.4, -0.2) is 24.2 Å². The predicted octanol–water partition coefficient (Wildman–Crippen LogP) is 2.26. The van der Waals surface area contributed by atoms with Gasteiger partial charge in [0.05, 0.1) is 0 Å². The standard InChI is InChI=1S/C13H25NO2/c1-4-6-11(3)13(16)14-10-12(7-5-2)8-9-15/h6,12,15H,4-5,7-10H2,1-3H3,(H,14,16). The van der Waals surface area contributed by atoms with Gasteiger partial charge < -0.3 is 10.4 Å². The molecular weight excluding hydrogens is 202 g/mol. The van der Waals surface area contributed by atoms with Gasteiger partial charge in [-0.1, -0.05) is 26.3 Å². The first kappa shape index (κ1) is 15.2. The summed E-state index contributed by atoms with van der Waals surface area (Å²) in [5, 5.41) is 11.8. The van der Waals surface area contributed by atoms with Gasteiger partial charge in [-0.3, -0.25) is 4.79 Å². The molecule has 0 rings (SSSR count). The molecule has 0 saturated carbocycles. The van der Waals surface area contributed by atoms with Crippen molar-refractivity contribution in [3.05, 3.63) is 11.6 Å². The quantitative estimate of drug-likeness (QED) is 0.625. The Morgan fingerprint density at radius 3 is 2.56 bits per heavy atom. The van der Waals surface area contributed by atoms with E-state index >= 15 is 0 Å². The first-order valence-electron chi connectivity index (χ1n) is 6.21. The molecule has 0 aromatic rings. The minimum absolute atomic E-state index is 0.0147. The lowest BCUT2D eigenvalue weighted by Crippen LogP contribution is -2.30. The van der Waals surface area contributed by atoms with E-state index in [1.54, 1.807) is 0 Å². The van der Waals surface area contributed by atoms with Crippen LogP contribution in [0.4, 0.5) is 0 Å². The van der Waals surface area contributed by atoms with Crippen LogP contribution in [0.2, 0.25) is 0 Å². The van der Waals surface area contributed by atoms with E-state index in [4.69, 9.17) is 5.11 Å². The Bertz CT molecular complexity index is 218. The molecule has 1 unspecified atom stereocenters. The van der Waals surface area contributed by atoms with E-state index in [0.717, 1.165) is 31.3 Å². The van der Waals surface area contributed by atoms with Crippen molar-refractivity contribution in [3.63, 3.8) is 0 Å². The highest BCUT2D eigenvalue weighted by atomic mass is 16.3. The average Bonchev–Trinajstić information content (AvgIpc) is 2.26. The maximum Gasteiger partial charge on any atom is 0.246 e. The van der Waals surface area contributed by atoms with E-state index in [1.807, 2.05) is 19.9 Å². The predicted molar refractivity (Wildman–Crippen MR) is 67.2 cm³/mol. The lowest BCUT2D eigenvalue weighted by atomic mass is 10.00. The highest BCUT2D eigenvalue weighted by molar-refractivity contribution is 5.92. The SMILES string of the molecule is CCC=C(C)C(=O)NCC(CCC)CCO. The van der Waals surface area contributed by atoms with Crippen LogP contribution in [0.15, 0.2) is 11.6 Å². The van der Waals surface area contributed by atoms with Crippen LogP contribution in [0.5, 0.6) is 0 Å². The molecule has 0 aliphatic rings. The monoisotopic (exact) mass is 227 g/mol. The third kappa shape index (κ3) is 6.62. The third-order valence-corrected chi connectivity index (χ3v) is 2.65. The highest BCUT2D eigenvalue weighted by Crippen LogP contribution is 2.09. The lowest BCUT2D eigenvalue weighted by molar-refractivity contribution is -0.117. The number of allylic oxidation sites excluding steroid dienone is 1. The summed E-state index contributed by atoms with van der Waals surface area (Å²) in [6.07, 6.45) is 5.72. The molecule has 0 aromatic heterocycles. The summed E-state index contributed by atoms with van der Waals surface area (Å²) in [5.41, 5.74) is 0.779. The number of amides is 1. The Morgan fingerprint density at radius 1 is 1.38 bits per heavy atom. The van der Waals surface area contributed by atoms with Gasteiger partial charge in [-0.25, -0.2) is 0 Å². The average molecular weight is 227 g/mol. The van der Waals surface area contributed by atoms with Crippen LogP contribution in [0.25, 0.3) is 0 Å². The van der Waals surface area contributed by atoms with Gasteiger partial charge in [-0.05, 0) is 32.1 Å². The molecule has 0 heterocycles. The Hall–Kier alpha value is -0.830. The van der Waals surface area contributed by atoms with Crippen molar-refractivity contribution in [2.45, 2.75) is 46.5 Å². The molecule has 0 bridgehead atoms. The van der Waals surface area contributed by atoms with Gasteiger partial charge in [0.25, 0.3) is 0 Å². The number of aliphatic hydroxyl groups is 1.